The SMILES string of the molecule is O=C1OC(c2ccc(F)cc2)=N/C1=C\c1ccc(Br)c([N+](=O)[O-])c1. The van der Waals surface area contributed by atoms with Gasteiger partial charge in [0.25, 0.3) is 5.69 Å². The standard InChI is InChI=1S/C16H8BrFN2O4/c17-12-6-1-9(8-14(12)20(22)23)7-13-16(21)24-15(19-13)10-2-4-11(18)5-3-10/h1-8H/b13-7-. The number of rotatable bonds is 3. The van der Waals surface area contributed by atoms with E-state index in [1.54, 1.807) is 6.07 Å². The molecule has 0 spiro atoms. The Morgan fingerprint density at radius 2 is 1.92 bits per heavy atom. The lowest BCUT2D eigenvalue weighted by atomic mass is 10.1. The number of nitro benzene ring substituents is 1. The molecule has 0 saturated carbocycles. The van der Waals surface area contributed by atoms with Crippen LogP contribution in [0.15, 0.2) is 57.6 Å². The van der Waals surface area contributed by atoms with Crippen molar-refractivity contribution in [1.29, 1.82) is 0 Å². The molecule has 0 amide bonds. The van der Waals surface area contributed by atoms with Crippen LogP contribution in [0.4, 0.5) is 10.1 Å². The topological polar surface area (TPSA) is 81.8 Å². The third-order valence-corrected chi connectivity index (χ3v) is 3.85. The number of carbonyl (C=O) groups excluding carboxylic acids is 1. The van der Waals surface area contributed by atoms with E-state index in [0.29, 0.717) is 15.6 Å². The molecule has 6 nitrogen and oxygen atoms in total. The molecular weight excluding hydrogens is 383 g/mol. The van der Waals surface area contributed by atoms with Gasteiger partial charge < -0.3 is 4.74 Å². The van der Waals surface area contributed by atoms with Crippen LogP contribution in [0.2, 0.25) is 0 Å². The molecule has 0 radical (unpaired) electrons. The molecule has 0 aliphatic carbocycles. The summed E-state index contributed by atoms with van der Waals surface area (Å²) < 4.78 is 18.3. The Morgan fingerprint density at radius 3 is 2.58 bits per heavy atom. The summed E-state index contributed by atoms with van der Waals surface area (Å²) in [5, 5.41) is 10.9. The highest BCUT2D eigenvalue weighted by atomic mass is 79.9. The first-order chi connectivity index (χ1) is 11.4. The number of ether oxygens (including phenoxy) is 1. The number of carbonyl (C=O) groups is 1. The van der Waals surface area contributed by atoms with Crippen LogP contribution in [0.5, 0.6) is 0 Å². The van der Waals surface area contributed by atoms with Gasteiger partial charge in [-0.1, -0.05) is 6.07 Å². The monoisotopic (exact) mass is 390 g/mol. The Labute approximate surface area is 143 Å². The van der Waals surface area contributed by atoms with Crippen molar-refractivity contribution in [3.63, 3.8) is 0 Å². The minimum Gasteiger partial charge on any atom is -0.402 e. The fourth-order valence-electron chi connectivity index (χ4n) is 2.04. The van der Waals surface area contributed by atoms with Crippen LogP contribution in [0.1, 0.15) is 11.1 Å². The predicted octanol–water partition coefficient (Wildman–Crippen LogP) is 3.84. The third kappa shape index (κ3) is 3.23. The van der Waals surface area contributed by atoms with Gasteiger partial charge in [0.05, 0.1) is 9.40 Å². The molecule has 0 bridgehead atoms. The van der Waals surface area contributed by atoms with Gasteiger partial charge >= 0.3 is 5.97 Å². The van der Waals surface area contributed by atoms with Gasteiger partial charge in [0.1, 0.15) is 5.82 Å². The second-order valence-electron chi connectivity index (χ2n) is 4.81. The Hall–Kier alpha value is -2.87. The highest BCUT2D eigenvalue weighted by molar-refractivity contribution is 9.10. The van der Waals surface area contributed by atoms with E-state index in [0.717, 1.165) is 0 Å². The zero-order valence-corrected chi connectivity index (χ0v) is 13.5. The first-order valence-corrected chi connectivity index (χ1v) is 7.46. The maximum Gasteiger partial charge on any atom is 0.363 e. The number of nitro groups is 1. The van der Waals surface area contributed by atoms with Crippen LogP contribution < -0.4 is 0 Å². The van der Waals surface area contributed by atoms with Gasteiger partial charge in [-0.15, -0.1) is 0 Å². The highest BCUT2D eigenvalue weighted by Crippen LogP contribution is 2.27. The number of esters is 1. The third-order valence-electron chi connectivity index (χ3n) is 3.18. The van der Waals surface area contributed by atoms with Crippen LogP contribution in [0.3, 0.4) is 0 Å². The van der Waals surface area contributed by atoms with E-state index in [-0.39, 0.29) is 17.3 Å². The maximum atomic E-state index is 12.9. The number of cyclic esters (lactones) is 1. The van der Waals surface area contributed by atoms with Crippen LogP contribution in [0, 0.1) is 15.9 Å². The zero-order chi connectivity index (χ0) is 17.3. The summed E-state index contributed by atoms with van der Waals surface area (Å²) in [7, 11) is 0. The molecule has 24 heavy (non-hydrogen) atoms. The van der Waals surface area contributed by atoms with Crippen molar-refractivity contribution in [1.82, 2.24) is 0 Å². The van der Waals surface area contributed by atoms with E-state index in [2.05, 4.69) is 20.9 Å². The molecule has 0 unspecified atom stereocenters. The molecule has 1 aliphatic heterocycles. The van der Waals surface area contributed by atoms with Crippen LogP contribution in [0.25, 0.3) is 6.08 Å². The Morgan fingerprint density at radius 1 is 1.21 bits per heavy atom. The van der Waals surface area contributed by atoms with Crippen molar-refractivity contribution in [3.8, 4) is 0 Å². The number of aliphatic imine (C=N–C) groups is 1. The molecule has 120 valence electrons. The molecule has 8 heteroatoms. The van der Waals surface area contributed by atoms with E-state index in [1.165, 1.54) is 42.5 Å². The fourth-order valence-corrected chi connectivity index (χ4v) is 2.43. The van der Waals surface area contributed by atoms with Crippen LogP contribution in [-0.4, -0.2) is 16.8 Å². The highest BCUT2D eigenvalue weighted by Gasteiger charge is 2.24. The summed E-state index contributed by atoms with van der Waals surface area (Å²) in [6.45, 7) is 0. The molecule has 2 aromatic carbocycles. The lowest BCUT2D eigenvalue weighted by molar-refractivity contribution is -0.385. The lowest BCUT2D eigenvalue weighted by Crippen LogP contribution is -2.05. The normalized spacial score (nSPS) is 15.3. The molecule has 1 heterocycles. The molecule has 0 N–H and O–H groups in total. The number of hydrogen-bond donors (Lipinski definition) is 0. The zero-order valence-electron chi connectivity index (χ0n) is 11.9. The van der Waals surface area contributed by atoms with E-state index in [1.807, 2.05) is 0 Å². The van der Waals surface area contributed by atoms with Crippen molar-refractivity contribution in [2.45, 2.75) is 0 Å². The molecule has 0 fully saturated rings. The minimum absolute atomic E-state index is 0.00551. The predicted molar refractivity (Wildman–Crippen MR) is 87.8 cm³/mol. The molecule has 1 aliphatic rings. The summed E-state index contributed by atoms with van der Waals surface area (Å²) in [4.78, 5) is 26.4. The number of halogens is 2. The summed E-state index contributed by atoms with van der Waals surface area (Å²) >= 11 is 3.09. The van der Waals surface area contributed by atoms with E-state index in [9.17, 15) is 19.3 Å². The summed E-state index contributed by atoms with van der Waals surface area (Å²) in [5.41, 5.74) is 0.764. The van der Waals surface area contributed by atoms with Crippen molar-refractivity contribution in [3.05, 3.63) is 79.7 Å². The van der Waals surface area contributed by atoms with E-state index in [4.69, 9.17) is 4.74 Å². The van der Waals surface area contributed by atoms with Gasteiger partial charge in [-0.05, 0) is 57.9 Å². The van der Waals surface area contributed by atoms with Crippen LogP contribution in [-0.2, 0) is 9.53 Å². The average Bonchev–Trinajstić information content (AvgIpc) is 2.90. The largest absolute Gasteiger partial charge is 0.402 e. The first-order valence-electron chi connectivity index (χ1n) is 6.66. The molecular formula is C16H8BrFN2O4. The van der Waals surface area contributed by atoms with Crippen molar-refractivity contribution in [2.75, 3.05) is 0 Å². The van der Waals surface area contributed by atoms with Crippen molar-refractivity contribution >= 4 is 39.6 Å². The number of benzene rings is 2. The van der Waals surface area contributed by atoms with Crippen molar-refractivity contribution in [2.24, 2.45) is 4.99 Å². The fraction of sp³-hybridized carbons (Fsp3) is 0. The smallest absolute Gasteiger partial charge is 0.363 e. The first kappa shape index (κ1) is 16.0. The maximum absolute atomic E-state index is 12.9. The lowest BCUT2D eigenvalue weighted by Gasteiger charge is -1.98. The second-order valence-corrected chi connectivity index (χ2v) is 5.67. The van der Waals surface area contributed by atoms with E-state index >= 15 is 0 Å². The van der Waals surface area contributed by atoms with Gasteiger partial charge in [-0.25, -0.2) is 14.2 Å². The second kappa shape index (κ2) is 6.32. The molecule has 2 aromatic rings. The summed E-state index contributed by atoms with van der Waals surface area (Å²) in [6, 6.07) is 9.76. The quantitative estimate of drug-likeness (QED) is 0.345. The van der Waals surface area contributed by atoms with Gasteiger partial charge in [0.15, 0.2) is 5.70 Å². The molecule has 0 atom stereocenters. The van der Waals surface area contributed by atoms with Crippen LogP contribution >= 0.6 is 15.9 Å². The molecule has 0 saturated heterocycles. The summed E-state index contributed by atoms with van der Waals surface area (Å²) in [6.07, 6.45) is 1.39. The summed E-state index contributed by atoms with van der Waals surface area (Å²) in [5.74, 6) is -1.04. The van der Waals surface area contributed by atoms with Gasteiger partial charge in [0.2, 0.25) is 5.90 Å². The molecule has 0 aromatic heterocycles. The van der Waals surface area contributed by atoms with Gasteiger partial charge in [-0.3, -0.25) is 10.1 Å². The number of hydrogen-bond acceptors (Lipinski definition) is 5. The van der Waals surface area contributed by atoms with Crippen molar-refractivity contribution < 1.29 is 18.8 Å². The van der Waals surface area contributed by atoms with Gasteiger partial charge in [0, 0.05) is 11.6 Å². The molecule has 3 rings (SSSR count). The number of nitrogens with zero attached hydrogens (tertiary/aromatic N) is 2. The Kier molecular flexibility index (Phi) is 4.22. The van der Waals surface area contributed by atoms with Gasteiger partial charge in [-0.2, -0.15) is 0 Å². The Balaban J connectivity index is 1.95. The van der Waals surface area contributed by atoms with E-state index < -0.39 is 16.7 Å². The minimum atomic E-state index is -0.681. The Bertz CT molecular complexity index is 907. The average molecular weight is 391 g/mol.